The smallest absolute Gasteiger partial charge is 0.306 e. The van der Waals surface area contributed by atoms with Gasteiger partial charge in [-0.2, -0.15) is 4.98 Å². The van der Waals surface area contributed by atoms with E-state index < -0.39 is 5.97 Å². The SMILES string of the molecule is CC(=O)Nc1ccc(C(=O)COC(=O)CCCc2nc(C(C)(C)C)no2)cc1. The lowest BCUT2D eigenvalue weighted by atomic mass is 9.96. The number of esters is 1. The van der Waals surface area contributed by atoms with Crippen LogP contribution in [0.15, 0.2) is 28.8 Å². The molecule has 0 bridgehead atoms. The predicted molar refractivity (Wildman–Crippen MR) is 102 cm³/mol. The fourth-order valence-electron chi connectivity index (χ4n) is 2.29. The van der Waals surface area contributed by atoms with Crippen LogP contribution in [0.5, 0.6) is 0 Å². The molecule has 150 valence electrons. The van der Waals surface area contributed by atoms with E-state index in [1.54, 1.807) is 24.3 Å². The molecule has 0 unspecified atom stereocenters. The second kappa shape index (κ2) is 9.25. The van der Waals surface area contributed by atoms with Crippen LogP contribution >= 0.6 is 0 Å². The van der Waals surface area contributed by atoms with E-state index in [4.69, 9.17) is 9.26 Å². The summed E-state index contributed by atoms with van der Waals surface area (Å²) in [6.45, 7) is 7.05. The number of anilines is 1. The van der Waals surface area contributed by atoms with E-state index in [0.29, 0.717) is 35.8 Å². The minimum absolute atomic E-state index is 0.155. The van der Waals surface area contributed by atoms with E-state index in [1.165, 1.54) is 6.92 Å². The Morgan fingerprint density at radius 3 is 2.39 bits per heavy atom. The van der Waals surface area contributed by atoms with Crippen LogP contribution < -0.4 is 5.32 Å². The number of ether oxygens (including phenoxy) is 1. The van der Waals surface area contributed by atoms with Crippen LogP contribution in [0.1, 0.15) is 62.6 Å². The van der Waals surface area contributed by atoms with Gasteiger partial charge in [0.2, 0.25) is 11.8 Å². The van der Waals surface area contributed by atoms with Gasteiger partial charge in [0.05, 0.1) is 0 Å². The number of carbonyl (C=O) groups excluding carboxylic acids is 3. The molecule has 0 aliphatic rings. The van der Waals surface area contributed by atoms with E-state index in [0.717, 1.165) is 0 Å². The second-order valence-corrected chi connectivity index (χ2v) is 7.46. The zero-order valence-corrected chi connectivity index (χ0v) is 16.6. The summed E-state index contributed by atoms with van der Waals surface area (Å²) in [5.41, 5.74) is 0.806. The third-order valence-corrected chi connectivity index (χ3v) is 3.80. The van der Waals surface area contributed by atoms with E-state index in [9.17, 15) is 14.4 Å². The van der Waals surface area contributed by atoms with Crippen molar-refractivity contribution in [3.63, 3.8) is 0 Å². The normalized spacial score (nSPS) is 11.1. The molecular weight excluding hydrogens is 362 g/mol. The lowest BCUT2D eigenvalue weighted by Crippen LogP contribution is -2.14. The molecule has 28 heavy (non-hydrogen) atoms. The van der Waals surface area contributed by atoms with Gasteiger partial charge in [-0.3, -0.25) is 14.4 Å². The van der Waals surface area contributed by atoms with Crippen LogP contribution in [0.2, 0.25) is 0 Å². The summed E-state index contributed by atoms with van der Waals surface area (Å²) < 4.78 is 10.2. The number of aromatic nitrogens is 2. The molecule has 1 aromatic heterocycles. The highest BCUT2D eigenvalue weighted by atomic mass is 16.5. The highest BCUT2D eigenvalue weighted by Gasteiger charge is 2.21. The van der Waals surface area contributed by atoms with Crippen molar-refractivity contribution in [3.05, 3.63) is 41.5 Å². The molecule has 1 aromatic carbocycles. The lowest BCUT2D eigenvalue weighted by Gasteiger charge is -2.10. The Labute approximate surface area is 163 Å². The standard InChI is InChI=1S/C20H25N3O5/c1-13(24)21-15-10-8-14(9-11-15)16(25)12-27-18(26)7-5-6-17-22-19(23-28-17)20(2,3)4/h8-11H,5-7,12H2,1-4H3,(H,21,24). The molecule has 1 N–H and O–H groups in total. The van der Waals surface area contributed by atoms with Gasteiger partial charge in [0.1, 0.15) is 0 Å². The molecule has 2 aromatic rings. The molecule has 8 heteroatoms. The molecule has 0 aliphatic carbocycles. The summed E-state index contributed by atoms with van der Waals surface area (Å²) in [4.78, 5) is 39.2. The maximum absolute atomic E-state index is 12.1. The summed E-state index contributed by atoms with van der Waals surface area (Å²) in [5.74, 6) is 0.143. The number of carbonyl (C=O) groups is 3. The molecule has 2 rings (SSSR count). The quantitative estimate of drug-likeness (QED) is 0.547. The molecule has 0 radical (unpaired) electrons. The van der Waals surface area contributed by atoms with E-state index in [1.807, 2.05) is 20.8 Å². The fraction of sp³-hybridized carbons (Fsp3) is 0.450. The predicted octanol–water partition coefficient (Wildman–Crippen LogP) is 3.07. The van der Waals surface area contributed by atoms with Gasteiger partial charge in [0.25, 0.3) is 0 Å². The molecule has 0 saturated heterocycles. The minimum atomic E-state index is -0.459. The number of nitrogens with one attached hydrogen (secondary N) is 1. The summed E-state index contributed by atoms with van der Waals surface area (Å²) in [7, 11) is 0. The number of nitrogens with zero attached hydrogens (tertiary/aromatic N) is 2. The lowest BCUT2D eigenvalue weighted by molar-refractivity contribution is -0.142. The summed E-state index contributed by atoms with van der Waals surface area (Å²) in [6.07, 6.45) is 1.11. The zero-order chi connectivity index (χ0) is 20.7. The number of amides is 1. The van der Waals surface area contributed by atoms with Crippen molar-refractivity contribution in [2.24, 2.45) is 0 Å². The number of benzene rings is 1. The molecule has 0 spiro atoms. The van der Waals surface area contributed by atoms with Crippen molar-refractivity contribution in [2.75, 3.05) is 11.9 Å². The summed E-state index contributed by atoms with van der Waals surface area (Å²) in [5, 5.41) is 6.54. The Morgan fingerprint density at radius 2 is 1.82 bits per heavy atom. The van der Waals surface area contributed by atoms with Crippen molar-refractivity contribution in [1.82, 2.24) is 10.1 Å². The Hall–Kier alpha value is -3.03. The Balaban J connectivity index is 1.72. The molecule has 0 atom stereocenters. The first-order valence-corrected chi connectivity index (χ1v) is 9.04. The molecular formula is C20H25N3O5. The fourth-order valence-corrected chi connectivity index (χ4v) is 2.29. The average Bonchev–Trinajstić information content (AvgIpc) is 3.09. The van der Waals surface area contributed by atoms with Gasteiger partial charge in [-0.1, -0.05) is 25.9 Å². The molecule has 8 nitrogen and oxygen atoms in total. The van der Waals surface area contributed by atoms with Crippen LogP contribution in [-0.2, 0) is 26.2 Å². The van der Waals surface area contributed by atoms with Gasteiger partial charge in [0, 0.05) is 36.4 Å². The van der Waals surface area contributed by atoms with Crippen molar-refractivity contribution in [1.29, 1.82) is 0 Å². The van der Waals surface area contributed by atoms with Crippen LogP contribution in [-0.4, -0.2) is 34.4 Å². The third-order valence-electron chi connectivity index (χ3n) is 3.80. The van der Waals surface area contributed by atoms with Crippen LogP contribution in [0.25, 0.3) is 0 Å². The number of rotatable bonds is 8. The van der Waals surface area contributed by atoms with E-state index >= 15 is 0 Å². The molecule has 0 aliphatic heterocycles. The summed E-state index contributed by atoms with van der Waals surface area (Å²) in [6, 6.07) is 6.38. The average molecular weight is 387 g/mol. The Kier molecular flexibility index (Phi) is 7.03. The Bertz CT molecular complexity index is 834. The number of hydrogen-bond acceptors (Lipinski definition) is 7. The molecule has 0 fully saturated rings. The monoisotopic (exact) mass is 387 g/mol. The largest absolute Gasteiger partial charge is 0.457 e. The van der Waals surface area contributed by atoms with Gasteiger partial charge < -0.3 is 14.6 Å². The molecule has 0 saturated carbocycles. The second-order valence-electron chi connectivity index (χ2n) is 7.46. The van der Waals surface area contributed by atoms with Gasteiger partial charge in [-0.15, -0.1) is 0 Å². The maximum atomic E-state index is 12.1. The van der Waals surface area contributed by atoms with Crippen LogP contribution in [0, 0.1) is 0 Å². The van der Waals surface area contributed by atoms with Crippen LogP contribution in [0.3, 0.4) is 0 Å². The number of Topliss-reactive ketones (excluding diaryl/α,β-unsaturated/α-hetero) is 1. The number of ketones is 1. The molecule has 1 amide bonds. The van der Waals surface area contributed by atoms with Crippen LogP contribution in [0.4, 0.5) is 5.69 Å². The van der Waals surface area contributed by atoms with Gasteiger partial charge >= 0.3 is 5.97 Å². The van der Waals surface area contributed by atoms with Gasteiger partial charge in [0.15, 0.2) is 18.2 Å². The topological polar surface area (TPSA) is 111 Å². The highest BCUT2D eigenvalue weighted by molar-refractivity contribution is 5.98. The van der Waals surface area contributed by atoms with Gasteiger partial charge in [-0.05, 0) is 30.7 Å². The summed E-state index contributed by atoms with van der Waals surface area (Å²) >= 11 is 0. The highest BCUT2D eigenvalue weighted by Crippen LogP contribution is 2.19. The van der Waals surface area contributed by atoms with Gasteiger partial charge in [-0.25, -0.2) is 0 Å². The van der Waals surface area contributed by atoms with E-state index in [2.05, 4.69) is 15.5 Å². The Morgan fingerprint density at radius 1 is 1.14 bits per heavy atom. The maximum Gasteiger partial charge on any atom is 0.306 e. The van der Waals surface area contributed by atoms with Crippen molar-refractivity contribution < 1.29 is 23.6 Å². The van der Waals surface area contributed by atoms with Crippen molar-refractivity contribution in [3.8, 4) is 0 Å². The van der Waals surface area contributed by atoms with Crippen molar-refractivity contribution in [2.45, 2.75) is 52.4 Å². The third kappa shape index (κ3) is 6.61. The first-order valence-electron chi connectivity index (χ1n) is 9.04. The van der Waals surface area contributed by atoms with Crippen molar-refractivity contribution >= 4 is 23.3 Å². The number of hydrogen-bond donors (Lipinski definition) is 1. The first kappa shape index (κ1) is 21.3. The zero-order valence-electron chi connectivity index (χ0n) is 16.6. The minimum Gasteiger partial charge on any atom is -0.457 e. The van der Waals surface area contributed by atoms with E-state index in [-0.39, 0.29) is 30.1 Å². The first-order chi connectivity index (χ1) is 13.1. The molecule has 1 heterocycles. The number of aryl methyl sites for hydroxylation is 1.